The molecule has 1 amide bonds. The summed E-state index contributed by atoms with van der Waals surface area (Å²) in [6.07, 6.45) is 2.32. The molecule has 0 bridgehead atoms. The molecule has 0 spiro atoms. The quantitative estimate of drug-likeness (QED) is 0.656. The van der Waals surface area contributed by atoms with Crippen molar-refractivity contribution in [3.8, 4) is 0 Å². The maximum absolute atomic E-state index is 11.7. The Labute approximate surface area is 148 Å². The topological polar surface area (TPSA) is 81.7 Å². The molecular weight excluding hydrogens is 322 g/mol. The number of aryl methyl sites for hydroxylation is 1. The van der Waals surface area contributed by atoms with Crippen LogP contribution in [0.5, 0.6) is 0 Å². The SMILES string of the molecule is CC(=O)NC(CCOC(C)=O)(CCOC(C)=O)CCc1ccccc1. The fourth-order valence-corrected chi connectivity index (χ4v) is 2.74. The number of carbonyl (C=O) groups is 3. The van der Waals surface area contributed by atoms with Crippen molar-refractivity contribution >= 4 is 17.8 Å². The Morgan fingerprint density at radius 3 is 1.84 bits per heavy atom. The molecule has 0 atom stereocenters. The summed E-state index contributed by atoms with van der Waals surface area (Å²) in [5.41, 5.74) is 0.546. The molecule has 0 fully saturated rings. The molecule has 0 aliphatic heterocycles. The predicted molar refractivity (Wildman–Crippen MR) is 93.8 cm³/mol. The Morgan fingerprint density at radius 1 is 0.880 bits per heavy atom. The van der Waals surface area contributed by atoms with Crippen LogP contribution in [-0.2, 0) is 30.3 Å². The monoisotopic (exact) mass is 349 g/mol. The summed E-state index contributed by atoms with van der Waals surface area (Å²) < 4.78 is 10.1. The summed E-state index contributed by atoms with van der Waals surface area (Å²) in [6, 6.07) is 9.93. The van der Waals surface area contributed by atoms with Crippen molar-refractivity contribution in [2.45, 2.75) is 52.0 Å². The van der Waals surface area contributed by atoms with Crippen molar-refractivity contribution in [3.63, 3.8) is 0 Å². The van der Waals surface area contributed by atoms with Crippen LogP contribution in [0.4, 0.5) is 0 Å². The number of hydrogen-bond donors (Lipinski definition) is 1. The number of nitrogens with one attached hydrogen (secondary N) is 1. The number of hydrogen-bond acceptors (Lipinski definition) is 5. The second-order valence-electron chi connectivity index (χ2n) is 6.13. The highest BCUT2D eigenvalue weighted by molar-refractivity contribution is 5.73. The second-order valence-corrected chi connectivity index (χ2v) is 6.13. The summed E-state index contributed by atoms with van der Waals surface area (Å²) >= 11 is 0. The molecule has 1 aromatic rings. The molecule has 0 aliphatic carbocycles. The van der Waals surface area contributed by atoms with Gasteiger partial charge in [-0.15, -0.1) is 0 Å². The van der Waals surface area contributed by atoms with Crippen molar-refractivity contribution in [2.75, 3.05) is 13.2 Å². The minimum atomic E-state index is -0.605. The van der Waals surface area contributed by atoms with E-state index in [1.165, 1.54) is 20.8 Å². The number of rotatable bonds is 10. The van der Waals surface area contributed by atoms with E-state index in [1.54, 1.807) is 0 Å². The lowest BCUT2D eigenvalue weighted by atomic mass is 9.85. The summed E-state index contributed by atoms with van der Waals surface area (Å²) in [7, 11) is 0. The molecule has 0 saturated heterocycles. The van der Waals surface area contributed by atoms with Gasteiger partial charge in [-0.2, -0.15) is 0 Å². The lowest BCUT2D eigenvalue weighted by Gasteiger charge is -2.34. The fourth-order valence-electron chi connectivity index (χ4n) is 2.74. The predicted octanol–water partition coefficient (Wildman–Crippen LogP) is 2.40. The molecule has 0 heterocycles. The van der Waals surface area contributed by atoms with E-state index < -0.39 is 5.54 Å². The third-order valence-electron chi connectivity index (χ3n) is 3.95. The van der Waals surface area contributed by atoms with Gasteiger partial charge in [-0.1, -0.05) is 30.3 Å². The molecule has 25 heavy (non-hydrogen) atoms. The van der Waals surface area contributed by atoms with E-state index in [2.05, 4.69) is 5.32 Å². The van der Waals surface area contributed by atoms with Gasteiger partial charge in [0.2, 0.25) is 5.91 Å². The lowest BCUT2D eigenvalue weighted by Crippen LogP contribution is -2.49. The highest BCUT2D eigenvalue weighted by Crippen LogP contribution is 2.24. The molecule has 0 radical (unpaired) electrons. The zero-order valence-corrected chi connectivity index (χ0v) is 15.2. The van der Waals surface area contributed by atoms with E-state index in [0.717, 1.165) is 12.0 Å². The maximum atomic E-state index is 11.7. The van der Waals surface area contributed by atoms with Crippen molar-refractivity contribution < 1.29 is 23.9 Å². The lowest BCUT2D eigenvalue weighted by molar-refractivity contribution is -0.141. The molecule has 0 aliphatic rings. The standard InChI is InChI=1S/C19H27NO5/c1-15(21)20-19(11-13-24-16(2)22,12-14-25-17(3)23)10-9-18-7-5-4-6-8-18/h4-8H,9-14H2,1-3H3,(H,20,21). The van der Waals surface area contributed by atoms with Crippen molar-refractivity contribution in [3.05, 3.63) is 35.9 Å². The van der Waals surface area contributed by atoms with Gasteiger partial charge in [-0.05, 0) is 18.4 Å². The van der Waals surface area contributed by atoms with E-state index in [-0.39, 0.29) is 31.1 Å². The molecule has 0 unspecified atom stereocenters. The average Bonchev–Trinajstić information content (AvgIpc) is 2.52. The van der Waals surface area contributed by atoms with Crippen LogP contribution in [0.15, 0.2) is 30.3 Å². The minimum Gasteiger partial charge on any atom is -0.466 e. The fraction of sp³-hybridized carbons (Fsp3) is 0.526. The van der Waals surface area contributed by atoms with Crippen LogP contribution >= 0.6 is 0 Å². The van der Waals surface area contributed by atoms with E-state index >= 15 is 0 Å². The first-order chi connectivity index (χ1) is 11.8. The van der Waals surface area contributed by atoms with E-state index in [4.69, 9.17) is 9.47 Å². The van der Waals surface area contributed by atoms with Gasteiger partial charge in [0.25, 0.3) is 0 Å². The highest BCUT2D eigenvalue weighted by Gasteiger charge is 2.31. The summed E-state index contributed by atoms with van der Waals surface area (Å²) in [5, 5.41) is 2.99. The molecule has 1 N–H and O–H groups in total. The Bertz CT molecular complexity index is 550. The van der Waals surface area contributed by atoms with Gasteiger partial charge >= 0.3 is 11.9 Å². The zero-order chi connectivity index (χ0) is 18.7. The van der Waals surface area contributed by atoms with Crippen LogP contribution in [0.2, 0.25) is 0 Å². The number of ether oxygens (including phenoxy) is 2. The molecule has 6 heteroatoms. The molecule has 1 rings (SSSR count). The van der Waals surface area contributed by atoms with Gasteiger partial charge in [-0.3, -0.25) is 14.4 Å². The van der Waals surface area contributed by atoms with Gasteiger partial charge in [0.15, 0.2) is 0 Å². The first-order valence-electron chi connectivity index (χ1n) is 8.42. The second kappa shape index (κ2) is 10.5. The molecule has 0 aromatic heterocycles. The normalized spacial score (nSPS) is 10.8. The van der Waals surface area contributed by atoms with Crippen LogP contribution in [0.1, 0.15) is 45.6 Å². The van der Waals surface area contributed by atoms with Gasteiger partial charge < -0.3 is 14.8 Å². The first kappa shape index (κ1) is 20.7. The van der Waals surface area contributed by atoms with Crippen molar-refractivity contribution in [1.82, 2.24) is 5.32 Å². The summed E-state index contributed by atoms with van der Waals surface area (Å²) in [4.78, 5) is 33.8. The zero-order valence-electron chi connectivity index (χ0n) is 15.2. The Hall–Kier alpha value is -2.37. The van der Waals surface area contributed by atoms with Crippen LogP contribution in [0.3, 0.4) is 0 Å². The van der Waals surface area contributed by atoms with Gasteiger partial charge in [-0.25, -0.2) is 0 Å². The van der Waals surface area contributed by atoms with Crippen LogP contribution in [0, 0.1) is 0 Å². The van der Waals surface area contributed by atoms with Gasteiger partial charge in [0.05, 0.1) is 13.2 Å². The number of carbonyl (C=O) groups excluding carboxylic acids is 3. The Morgan fingerprint density at radius 2 is 1.40 bits per heavy atom. The maximum Gasteiger partial charge on any atom is 0.302 e. The largest absolute Gasteiger partial charge is 0.466 e. The molecule has 138 valence electrons. The van der Waals surface area contributed by atoms with Gasteiger partial charge in [0, 0.05) is 39.2 Å². The summed E-state index contributed by atoms with van der Waals surface area (Å²) in [5.74, 6) is -0.891. The van der Waals surface area contributed by atoms with E-state index in [0.29, 0.717) is 19.3 Å². The summed E-state index contributed by atoms with van der Waals surface area (Å²) in [6.45, 7) is 4.55. The number of amides is 1. The minimum absolute atomic E-state index is 0.168. The average molecular weight is 349 g/mol. The number of esters is 2. The van der Waals surface area contributed by atoms with Crippen LogP contribution < -0.4 is 5.32 Å². The Kier molecular flexibility index (Phi) is 8.67. The van der Waals surface area contributed by atoms with E-state index in [1.807, 2.05) is 30.3 Å². The van der Waals surface area contributed by atoms with E-state index in [9.17, 15) is 14.4 Å². The molecule has 0 saturated carbocycles. The third kappa shape index (κ3) is 8.88. The smallest absolute Gasteiger partial charge is 0.302 e. The first-order valence-corrected chi connectivity index (χ1v) is 8.42. The molecule has 1 aromatic carbocycles. The van der Waals surface area contributed by atoms with Gasteiger partial charge in [0.1, 0.15) is 0 Å². The molecule has 6 nitrogen and oxygen atoms in total. The molecular formula is C19H27NO5. The van der Waals surface area contributed by atoms with Crippen LogP contribution in [-0.4, -0.2) is 36.6 Å². The van der Waals surface area contributed by atoms with Crippen molar-refractivity contribution in [2.24, 2.45) is 0 Å². The highest BCUT2D eigenvalue weighted by atomic mass is 16.5. The number of benzene rings is 1. The third-order valence-corrected chi connectivity index (χ3v) is 3.95. The van der Waals surface area contributed by atoms with Crippen molar-refractivity contribution in [1.29, 1.82) is 0 Å². The van der Waals surface area contributed by atoms with Crippen LogP contribution in [0.25, 0.3) is 0 Å². The Balaban J connectivity index is 2.84.